The number of hydrogen-bond donors (Lipinski definition) is 1. The minimum atomic E-state index is 0.410. The van der Waals surface area contributed by atoms with Crippen LogP contribution < -0.4 is 5.73 Å². The van der Waals surface area contributed by atoms with Crippen molar-refractivity contribution >= 4 is 0 Å². The van der Waals surface area contributed by atoms with Gasteiger partial charge in [0.15, 0.2) is 0 Å². The van der Waals surface area contributed by atoms with Crippen molar-refractivity contribution in [3.8, 4) is 0 Å². The van der Waals surface area contributed by atoms with Crippen LogP contribution in [0.3, 0.4) is 0 Å². The molecule has 3 unspecified atom stereocenters. The zero-order valence-electron chi connectivity index (χ0n) is 13.2. The van der Waals surface area contributed by atoms with E-state index in [-0.39, 0.29) is 0 Å². The van der Waals surface area contributed by atoms with Crippen molar-refractivity contribution in [3.63, 3.8) is 0 Å². The lowest BCUT2D eigenvalue weighted by Gasteiger charge is -2.43. The smallest absolute Gasteiger partial charge is 0.0621 e. The molecule has 0 saturated heterocycles. The van der Waals surface area contributed by atoms with Crippen LogP contribution in [0.2, 0.25) is 0 Å². The van der Waals surface area contributed by atoms with E-state index in [9.17, 15) is 0 Å². The van der Waals surface area contributed by atoms with Crippen molar-refractivity contribution in [2.24, 2.45) is 23.0 Å². The van der Waals surface area contributed by atoms with Crippen molar-refractivity contribution in [1.29, 1.82) is 0 Å². The summed E-state index contributed by atoms with van der Waals surface area (Å²) in [5.74, 6) is 1.39. The maximum Gasteiger partial charge on any atom is 0.0621 e. The molecule has 0 spiro atoms. The first-order chi connectivity index (χ1) is 9.00. The highest BCUT2D eigenvalue weighted by molar-refractivity contribution is 4.87. The number of hydrogen-bond acceptors (Lipinski definition) is 2. The van der Waals surface area contributed by atoms with E-state index in [0.29, 0.717) is 23.5 Å². The van der Waals surface area contributed by atoms with Crippen LogP contribution in [0.5, 0.6) is 0 Å². The molecule has 2 fully saturated rings. The first kappa shape index (κ1) is 15.3. The first-order valence-corrected chi connectivity index (χ1v) is 8.36. The molecule has 2 nitrogen and oxygen atoms in total. The third-order valence-electron chi connectivity index (χ3n) is 5.38. The Morgan fingerprint density at radius 2 is 1.68 bits per heavy atom. The van der Waals surface area contributed by atoms with Crippen LogP contribution in [0.25, 0.3) is 0 Å². The molecule has 2 rings (SSSR count). The molecule has 2 aliphatic carbocycles. The van der Waals surface area contributed by atoms with E-state index in [1.54, 1.807) is 0 Å². The van der Waals surface area contributed by atoms with Gasteiger partial charge in [0.25, 0.3) is 0 Å². The summed E-state index contributed by atoms with van der Waals surface area (Å²) in [4.78, 5) is 0. The van der Waals surface area contributed by atoms with Crippen molar-refractivity contribution in [2.75, 3.05) is 6.54 Å². The summed E-state index contributed by atoms with van der Waals surface area (Å²) in [6.45, 7) is 7.92. The maximum atomic E-state index is 6.48. The minimum absolute atomic E-state index is 0.410. The van der Waals surface area contributed by atoms with Gasteiger partial charge in [-0.3, -0.25) is 0 Å². The van der Waals surface area contributed by atoms with Gasteiger partial charge >= 0.3 is 0 Å². The van der Waals surface area contributed by atoms with E-state index < -0.39 is 0 Å². The molecule has 2 N–H and O–H groups in total. The van der Waals surface area contributed by atoms with Gasteiger partial charge in [-0.1, -0.05) is 40.0 Å². The lowest BCUT2D eigenvalue weighted by Crippen LogP contribution is -2.41. The highest BCUT2D eigenvalue weighted by Crippen LogP contribution is 2.41. The predicted octanol–water partition coefficient (Wildman–Crippen LogP) is 4.13. The Labute approximate surface area is 119 Å². The number of ether oxygens (including phenoxy) is 1. The molecule has 0 heterocycles. The monoisotopic (exact) mass is 267 g/mol. The zero-order valence-corrected chi connectivity index (χ0v) is 13.2. The minimum Gasteiger partial charge on any atom is -0.375 e. The van der Waals surface area contributed by atoms with E-state index in [4.69, 9.17) is 10.5 Å². The van der Waals surface area contributed by atoms with Crippen molar-refractivity contribution in [2.45, 2.75) is 84.3 Å². The van der Waals surface area contributed by atoms with Gasteiger partial charge in [-0.15, -0.1) is 0 Å². The molecule has 2 saturated carbocycles. The fourth-order valence-corrected chi connectivity index (χ4v) is 3.86. The summed E-state index contributed by atoms with van der Waals surface area (Å²) in [6, 6.07) is 0. The Morgan fingerprint density at radius 3 is 2.26 bits per heavy atom. The number of rotatable bonds is 3. The van der Waals surface area contributed by atoms with E-state index in [0.717, 1.165) is 12.5 Å². The van der Waals surface area contributed by atoms with Gasteiger partial charge in [0.05, 0.1) is 12.2 Å². The summed E-state index contributed by atoms with van der Waals surface area (Å²) in [5, 5.41) is 0. The average Bonchev–Trinajstić information content (AvgIpc) is 2.39. The predicted molar refractivity (Wildman–Crippen MR) is 81.1 cm³/mol. The molecule has 2 aliphatic rings. The van der Waals surface area contributed by atoms with E-state index in [1.165, 1.54) is 51.4 Å². The summed E-state index contributed by atoms with van der Waals surface area (Å²) < 4.78 is 6.48. The lowest BCUT2D eigenvalue weighted by molar-refractivity contribution is -0.0901. The van der Waals surface area contributed by atoms with Crippen molar-refractivity contribution in [3.05, 3.63) is 0 Å². The molecule has 112 valence electrons. The van der Waals surface area contributed by atoms with Crippen LogP contribution in [0.15, 0.2) is 0 Å². The van der Waals surface area contributed by atoms with Crippen LogP contribution in [-0.4, -0.2) is 18.8 Å². The number of nitrogens with two attached hydrogens (primary N) is 1. The summed E-state index contributed by atoms with van der Waals surface area (Å²) in [5.41, 5.74) is 6.38. The molecule has 0 radical (unpaired) electrons. The Hall–Kier alpha value is -0.0800. The highest BCUT2D eigenvalue weighted by atomic mass is 16.5. The third-order valence-corrected chi connectivity index (χ3v) is 5.38. The van der Waals surface area contributed by atoms with Gasteiger partial charge < -0.3 is 10.5 Å². The summed E-state index contributed by atoms with van der Waals surface area (Å²) >= 11 is 0. The van der Waals surface area contributed by atoms with E-state index in [1.807, 2.05) is 0 Å². The van der Waals surface area contributed by atoms with Crippen LogP contribution in [0.4, 0.5) is 0 Å². The normalized spacial score (nSPS) is 34.4. The van der Waals surface area contributed by atoms with Crippen LogP contribution in [-0.2, 0) is 4.74 Å². The standard InChI is InChI=1S/C17H33NO/c1-17(2,3)14-10-9-13(12-18)16(11-14)19-15-7-5-4-6-8-15/h13-16H,4-12,18H2,1-3H3. The molecule has 3 atom stereocenters. The molecule has 19 heavy (non-hydrogen) atoms. The van der Waals surface area contributed by atoms with Crippen LogP contribution in [0.1, 0.15) is 72.1 Å². The molecule has 0 amide bonds. The fraction of sp³-hybridized carbons (Fsp3) is 1.00. The van der Waals surface area contributed by atoms with Gasteiger partial charge in [0.1, 0.15) is 0 Å². The highest BCUT2D eigenvalue weighted by Gasteiger charge is 2.37. The second-order valence-electron chi connectivity index (χ2n) is 7.81. The Bertz CT molecular complexity index is 265. The molecule has 0 aliphatic heterocycles. The second-order valence-corrected chi connectivity index (χ2v) is 7.81. The molecular formula is C17H33NO. The van der Waals surface area contributed by atoms with E-state index >= 15 is 0 Å². The first-order valence-electron chi connectivity index (χ1n) is 8.36. The summed E-state index contributed by atoms with van der Waals surface area (Å²) in [6.07, 6.45) is 11.4. The van der Waals surface area contributed by atoms with Gasteiger partial charge in [0.2, 0.25) is 0 Å². The van der Waals surface area contributed by atoms with Crippen LogP contribution >= 0.6 is 0 Å². The lowest BCUT2D eigenvalue weighted by atomic mass is 9.68. The molecular weight excluding hydrogens is 234 g/mol. The average molecular weight is 267 g/mol. The molecule has 0 bridgehead atoms. The van der Waals surface area contributed by atoms with Crippen molar-refractivity contribution in [1.82, 2.24) is 0 Å². The quantitative estimate of drug-likeness (QED) is 0.834. The zero-order chi connectivity index (χ0) is 13.9. The second kappa shape index (κ2) is 6.58. The molecule has 0 aromatic carbocycles. The molecule has 0 aromatic rings. The Balaban J connectivity index is 1.93. The molecule has 2 heteroatoms. The van der Waals surface area contributed by atoms with Gasteiger partial charge in [-0.05, 0) is 55.9 Å². The van der Waals surface area contributed by atoms with Gasteiger partial charge in [0, 0.05) is 0 Å². The molecule has 0 aromatic heterocycles. The Morgan fingerprint density at radius 1 is 1.00 bits per heavy atom. The van der Waals surface area contributed by atoms with Crippen molar-refractivity contribution < 1.29 is 4.74 Å². The Kier molecular flexibility index (Phi) is 5.30. The summed E-state index contributed by atoms with van der Waals surface area (Å²) in [7, 11) is 0. The SMILES string of the molecule is CC(C)(C)C1CCC(CN)C(OC2CCCCC2)C1. The van der Waals surface area contributed by atoms with Crippen LogP contribution in [0, 0.1) is 17.3 Å². The largest absolute Gasteiger partial charge is 0.375 e. The van der Waals surface area contributed by atoms with Gasteiger partial charge in [-0.2, -0.15) is 0 Å². The fourth-order valence-electron chi connectivity index (χ4n) is 3.86. The third kappa shape index (κ3) is 4.19. The topological polar surface area (TPSA) is 35.2 Å². The van der Waals surface area contributed by atoms with E-state index in [2.05, 4.69) is 20.8 Å². The van der Waals surface area contributed by atoms with Gasteiger partial charge in [-0.25, -0.2) is 0 Å². The maximum absolute atomic E-state index is 6.48.